The first-order valence-electron chi connectivity index (χ1n) is 8.83. The second kappa shape index (κ2) is 6.82. The van der Waals surface area contributed by atoms with Gasteiger partial charge in [0.2, 0.25) is 11.8 Å². The molecule has 2 unspecified atom stereocenters. The van der Waals surface area contributed by atoms with Crippen molar-refractivity contribution in [3.05, 3.63) is 0 Å². The van der Waals surface area contributed by atoms with E-state index in [1.54, 1.807) is 0 Å². The molecule has 0 spiro atoms. The van der Waals surface area contributed by atoms with Crippen molar-refractivity contribution in [1.82, 2.24) is 10.6 Å². The minimum absolute atomic E-state index is 0.00610. The Balaban J connectivity index is 2.77. The highest BCUT2D eigenvalue weighted by atomic mass is 16.2. The van der Waals surface area contributed by atoms with Crippen LogP contribution in [0, 0.1) is 22.2 Å². The van der Waals surface area contributed by atoms with Crippen LogP contribution in [0.25, 0.3) is 0 Å². The lowest BCUT2D eigenvalue weighted by molar-refractivity contribution is -0.130. The molecular formula is C19H36N2O2. The lowest BCUT2D eigenvalue weighted by Gasteiger charge is -2.47. The first-order chi connectivity index (χ1) is 10.2. The number of hydrogen-bond donors (Lipinski definition) is 2. The maximum Gasteiger partial charge on any atom is 0.225 e. The van der Waals surface area contributed by atoms with Gasteiger partial charge in [0.25, 0.3) is 0 Å². The molecule has 0 aliphatic heterocycles. The van der Waals surface area contributed by atoms with Gasteiger partial charge in [-0.15, -0.1) is 0 Å². The number of carbonyl (C=O) groups excluding carboxylic acids is 2. The fraction of sp³-hybridized carbons (Fsp3) is 0.895. The summed E-state index contributed by atoms with van der Waals surface area (Å²) in [5, 5.41) is 6.31. The van der Waals surface area contributed by atoms with Crippen LogP contribution in [0.15, 0.2) is 0 Å². The quantitative estimate of drug-likeness (QED) is 0.831. The Morgan fingerprint density at radius 2 is 1.70 bits per heavy atom. The molecule has 0 heterocycles. The van der Waals surface area contributed by atoms with Gasteiger partial charge < -0.3 is 10.6 Å². The van der Waals surface area contributed by atoms with Crippen LogP contribution in [0.2, 0.25) is 0 Å². The van der Waals surface area contributed by atoms with Crippen molar-refractivity contribution in [1.29, 1.82) is 0 Å². The van der Waals surface area contributed by atoms with Crippen molar-refractivity contribution in [3.63, 3.8) is 0 Å². The van der Waals surface area contributed by atoms with Gasteiger partial charge in [-0.1, -0.05) is 55.4 Å². The van der Waals surface area contributed by atoms with Gasteiger partial charge >= 0.3 is 0 Å². The number of nitrogens with one attached hydrogen (secondary N) is 2. The van der Waals surface area contributed by atoms with Gasteiger partial charge in [-0.2, -0.15) is 0 Å². The average Bonchev–Trinajstić information content (AvgIpc) is 2.32. The van der Waals surface area contributed by atoms with E-state index in [1.165, 1.54) is 0 Å². The summed E-state index contributed by atoms with van der Waals surface area (Å²) in [5.74, 6) is 0.213. The van der Waals surface area contributed by atoms with Gasteiger partial charge in [0.05, 0.1) is 0 Å². The predicted molar refractivity (Wildman–Crippen MR) is 95.0 cm³/mol. The average molecular weight is 325 g/mol. The Morgan fingerprint density at radius 3 is 2.17 bits per heavy atom. The summed E-state index contributed by atoms with van der Waals surface area (Å²) in [7, 11) is 0. The Labute approximate surface area is 142 Å². The zero-order chi connectivity index (χ0) is 18.1. The molecule has 1 fully saturated rings. The van der Waals surface area contributed by atoms with Gasteiger partial charge in [-0.25, -0.2) is 0 Å². The Morgan fingerprint density at radius 1 is 1.13 bits per heavy atom. The minimum Gasteiger partial charge on any atom is -0.355 e. The van der Waals surface area contributed by atoms with E-state index < -0.39 is 0 Å². The van der Waals surface area contributed by atoms with Crippen LogP contribution >= 0.6 is 0 Å². The first kappa shape index (κ1) is 20.0. The molecule has 0 bridgehead atoms. The molecule has 0 aromatic carbocycles. The first-order valence-corrected chi connectivity index (χ1v) is 8.83. The third-order valence-electron chi connectivity index (χ3n) is 4.67. The molecule has 0 aromatic heterocycles. The van der Waals surface area contributed by atoms with Crippen LogP contribution in [0.1, 0.15) is 74.7 Å². The van der Waals surface area contributed by atoms with E-state index in [4.69, 9.17) is 0 Å². The fourth-order valence-corrected chi connectivity index (χ4v) is 3.78. The van der Waals surface area contributed by atoms with Crippen molar-refractivity contribution in [3.8, 4) is 0 Å². The van der Waals surface area contributed by atoms with Crippen molar-refractivity contribution in [2.24, 2.45) is 22.2 Å². The van der Waals surface area contributed by atoms with E-state index in [-0.39, 0.29) is 40.0 Å². The molecule has 1 saturated carbocycles. The molecule has 2 atom stereocenters. The molecule has 0 aromatic rings. The summed E-state index contributed by atoms with van der Waals surface area (Å²) in [6, 6.07) is 0.173. The normalized spacial score (nSPS) is 27.6. The number of rotatable bonds is 4. The van der Waals surface area contributed by atoms with Crippen LogP contribution in [-0.4, -0.2) is 24.4 Å². The van der Waals surface area contributed by atoms with E-state index >= 15 is 0 Å². The zero-order valence-corrected chi connectivity index (χ0v) is 16.3. The Hall–Kier alpha value is -1.06. The number of amides is 2. The predicted octanol–water partition coefficient (Wildman–Crippen LogP) is 3.51. The van der Waals surface area contributed by atoms with E-state index in [1.807, 2.05) is 34.6 Å². The highest BCUT2D eigenvalue weighted by Crippen LogP contribution is 2.46. The van der Waals surface area contributed by atoms with E-state index in [0.29, 0.717) is 6.54 Å². The van der Waals surface area contributed by atoms with E-state index in [9.17, 15) is 9.59 Å². The van der Waals surface area contributed by atoms with Gasteiger partial charge in [0.1, 0.15) is 0 Å². The molecule has 2 amide bonds. The number of hydrogen-bond acceptors (Lipinski definition) is 2. The van der Waals surface area contributed by atoms with Crippen molar-refractivity contribution < 1.29 is 9.59 Å². The van der Waals surface area contributed by atoms with Crippen molar-refractivity contribution >= 4 is 11.8 Å². The molecule has 134 valence electrons. The van der Waals surface area contributed by atoms with Gasteiger partial charge in [0.15, 0.2) is 0 Å². The highest BCUT2D eigenvalue weighted by molar-refractivity contribution is 5.81. The summed E-state index contributed by atoms with van der Waals surface area (Å²) in [5.41, 5.74) is -0.197. The largest absolute Gasteiger partial charge is 0.355 e. The van der Waals surface area contributed by atoms with Crippen LogP contribution in [0.3, 0.4) is 0 Å². The van der Waals surface area contributed by atoms with Crippen LogP contribution in [-0.2, 0) is 9.59 Å². The SMILES string of the molecule is CC(C)C(=O)NCC1(C)CC(NC(=O)C(C)(C)C)CC(C)(C)C1. The summed E-state index contributed by atoms with van der Waals surface area (Å²) in [4.78, 5) is 24.2. The van der Waals surface area contributed by atoms with Gasteiger partial charge in [0, 0.05) is 23.9 Å². The summed E-state index contributed by atoms with van der Waals surface area (Å²) in [6.07, 6.45) is 2.96. The van der Waals surface area contributed by atoms with E-state index in [2.05, 4.69) is 31.4 Å². The van der Waals surface area contributed by atoms with Crippen LogP contribution < -0.4 is 10.6 Å². The van der Waals surface area contributed by atoms with Gasteiger partial charge in [-0.3, -0.25) is 9.59 Å². The second-order valence-corrected chi connectivity index (χ2v) is 9.85. The molecular weight excluding hydrogens is 288 g/mol. The molecule has 1 rings (SSSR count). The molecule has 1 aliphatic rings. The summed E-state index contributed by atoms with van der Waals surface area (Å²) in [6.45, 7) is 17.1. The van der Waals surface area contributed by atoms with Crippen molar-refractivity contribution in [2.75, 3.05) is 6.54 Å². The summed E-state index contributed by atoms with van der Waals surface area (Å²) < 4.78 is 0. The van der Waals surface area contributed by atoms with Crippen LogP contribution in [0.5, 0.6) is 0 Å². The maximum absolute atomic E-state index is 12.3. The van der Waals surface area contributed by atoms with Crippen LogP contribution in [0.4, 0.5) is 0 Å². The molecule has 2 N–H and O–H groups in total. The monoisotopic (exact) mass is 324 g/mol. The standard InChI is InChI=1S/C19H36N2O2/c1-13(2)15(22)20-12-19(8)10-14(9-18(6,7)11-19)21-16(23)17(3,4)5/h13-14H,9-12H2,1-8H3,(H,20,22)(H,21,23). The highest BCUT2D eigenvalue weighted by Gasteiger charge is 2.42. The lowest BCUT2D eigenvalue weighted by atomic mass is 9.62. The zero-order valence-electron chi connectivity index (χ0n) is 16.3. The third kappa shape index (κ3) is 6.15. The number of carbonyl (C=O) groups is 2. The van der Waals surface area contributed by atoms with Gasteiger partial charge in [-0.05, 0) is 30.1 Å². The summed E-state index contributed by atoms with van der Waals surface area (Å²) >= 11 is 0. The van der Waals surface area contributed by atoms with E-state index in [0.717, 1.165) is 19.3 Å². The Kier molecular flexibility index (Phi) is 5.93. The third-order valence-corrected chi connectivity index (χ3v) is 4.67. The fourth-order valence-electron chi connectivity index (χ4n) is 3.78. The molecule has 0 saturated heterocycles. The van der Waals surface area contributed by atoms with Crippen molar-refractivity contribution in [2.45, 2.75) is 80.7 Å². The maximum atomic E-state index is 12.3. The minimum atomic E-state index is -0.371. The smallest absolute Gasteiger partial charge is 0.225 e. The Bertz CT molecular complexity index is 449. The molecule has 1 aliphatic carbocycles. The topological polar surface area (TPSA) is 58.2 Å². The molecule has 0 radical (unpaired) electrons. The molecule has 4 heteroatoms. The lowest BCUT2D eigenvalue weighted by Crippen LogP contribution is -2.52. The molecule has 4 nitrogen and oxygen atoms in total. The second-order valence-electron chi connectivity index (χ2n) is 9.85. The molecule has 23 heavy (non-hydrogen) atoms.